The van der Waals surface area contributed by atoms with Gasteiger partial charge in [0.15, 0.2) is 11.0 Å². The van der Waals surface area contributed by atoms with Crippen molar-refractivity contribution in [1.82, 2.24) is 14.8 Å². The number of amides is 1. The Morgan fingerprint density at radius 2 is 1.86 bits per heavy atom. The average Bonchev–Trinajstić information content (AvgIpc) is 3.45. The van der Waals surface area contributed by atoms with E-state index in [1.165, 1.54) is 30.2 Å². The maximum absolute atomic E-state index is 12.8. The van der Waals surface area contributed by atoms with Crippen LogP contribution in [0.25, 0.3) is 22.5 Å². The number of esters is 1. The molecule has 0 saturated carbocycles. The fourth-order valence-corrected chi connectivity index (χ4v) is 5.38. The van der Waals surface area contributed by atoms with Crippen molar-refractivity contribution in [2.45, 2.75) is 12.1 Å². The van der Waals surface area contributed by atoms with Crippen LogP contribution in [-0.2, 0) is 16.6 Å². The normalized spacial score (nSPS) is 10.8. The van der Waals surface area contributed by atoms with Gasteiger partial charge in [-0.2, -0.15) is 0 Å². The van der Waals surface area contributed by atoms with Gasteiger partial charge in [0.2, 0.25) is 5.91 Å². The van der Waals surface area contributed by atoms with Crippen LogP contribution in [0.5, 0.6) is 5.75 Å². The highest BCUT2D eigenvalue weighted by Crippen LogP contribution is 2.37. The van der Waals surface area contributed by atoms with Gasteiger partial charge in [0.25, 0.3) is 0 Å². The molecule has 2 aromatic heterocycles. The monoisotopic (exact) mass is 542 g/mol. The van der Waals surface area contributed by atoms with Crippen molar-refractivity contribution < 1.29 is 19.1 Å². The van der Waals surface area contributed by atoms with E-state index in [0.29, 0.717) is 43.4 Å². The molecule has 0 spiro atoms. The second-order valence-corrected chi connectivity index (χ2v) is 10.0. The van der Waals surface area contributed by atoms with Gasteiger partial charge in [-0.1, -0.05) is 53.2 Å². The van der Waals surface area contributed by atoms with Crippen LogP contribution in [0, 0.1) is 6.92 Å². The predicted octanol–water partition coefficient (Wildman–Crippen LogP) is 5.70. The van der Waals surface area contributed by atoms with Crippen LogP contribution in [0.15, 0.2) is 53.0 Å². The van der Waals surface area contributed by atoms with Crippen molar-refractivity contribution in [2.75, 3.05) is 25.3 Å². The number of hydrogen-bond acceptors (Lipinski definition) is 8. The number of carbonyl (C=O) groups is 2. The van der Waals surface area contributed by atoms with E-state index >= 15 is 0 Å². The average molecular weight is 543 g/mol. The Hall–Kier alpha value is -3.34. The van der Waals surface area contributed by atoms with Gasteiger partial charge in [-0.15, -0.1) is 21.5 Å². The Balaban J connectivity index is 1.50. The second kappa shape index (κ2) is 11.2. The Kier molecular flexibility index (Phi) is 7.97. The third-order valence-corrected chi connectivity index (χ3v) is 7.52. The van der Waals surface area contributed by atoms with E-state index in [2.05, 4.69) is 15.5 Å². The summed E-state index contributed by atoms with van der Waals surface area (Å²) in [5.74, 6) is 0.445. The molecule has 0 fully saturated rings. The van der Waals surface area contributed by atoms with E-state index in [1.807, 2.05) is 36.6 Å². The molecule has 0 aliphatic rings. The highest BCUT2D eigenvalue weighted by atomic mass is 35.5. The predicted molar refractivity (Wildman–Crippen MR) is 143 cm³/mol. The summed E-state index contributed by atoms with van der Waals surface area (Å²) >= 11 is 8.65. The van der Waals surface area contributed by atoms with E-state index in [4.69, 9.17) is 21.1 Å². The fraction of sp³-hybridized carbons (Fsp3) is 0.200. The molecule has 0 unspecified atom stereocenters. The van der Waals surface area contributed by atoms with Crippen LogP contribution >= 0.6 is 34.7 Å². The number of nitrogens with one attached hydrogen (secondary N) is 1. The van der Waals surface area contributed by atoms with Gasteiger partial charge in [-0.05, 0) is 30.7 Å². The molecule has 0 atom stereocenters. The zero-order valence-corrected chi connectivity index (χ0v) is 22.4. The molecule has 0 aliphatic carbocycles. The van der Waals surface area contributed by atoms with Crippen molar-refractivity contribution in [3.8, 4) is 28.3 Å². The highest BCUT2D eigenvalue weighted by molar-refractivity contribution is 7.99. The Labute approximate surface area is 221 Å². The minimum absolute atomic E-state index is 0.0665. The number of halogens is 1. The molecular formula is C25H23ClN4O4S2. The van der Waals surface area contributed by atoms with Crippen molar-refractivity contribution in [2.24, 2.45) is 7.05 Å². The summed E-state index contributed by atoms with van der Waals surface area (Å²) in [6.07, 6.45) is 0. The molecule has 1 amide bonds. The van der Waals surface area contributed by atoms with Crippen molar-refractivity contribution in [3.05, 3.63) is 64.0 Å². The zero-order valence-electron chi connectivity index (χ0n) is 20.0. The van der Waals surface area contributed by atoms with Gasteiger partial charge in [0, 0.05) is 23.0 Å². The quantitative estimate of drug-likeness (QED) is 0.225. The Morgan fingerprint density at radius 3 is 2.56 bits per heavy atom. The van der Waals surface area contributed by atoms with E-state index in [0.717, 1.165) is 11.1 Å². The van der Waals surface area contributed by atoms with Crippen LogP contribution in [0.1, 0.15) is 15.9 Å². The molecule has 4 aromatic rings. The molecular weight excluding hydrogens is 520 g/mol. The zero-order chi connectivity index (χ0) is 25.8. The van der Waals surface area contributed by atoms with Gasteiger partial charge in [0.1, 0.15) is 16.3 Å². The number of carbonyl (C=O) groups excluding carboxylic acids is 2. The largest absolute Gasteiger partial charge is 0.496 e. The summed E-state index contributed by atoms with van der Waals surface area (Å²) < 4.78 is 12.2. The van der Waals surface area contributed by atoms with Crippen molar-refractivity contribution in [1.29, 1.82) is 0 Å². The molecule has 0 bridgehead atoms. The van der Waals surface area contributed by atoms with Gasteiger partial charge in [-0.3, -0.25) is 4.79 Å². The smallest absolute Gasteiger partial charge is 0.341 e. The summed E-state index contributed by atoms with van der Waals surface area (Å²) in [5.41, 5.74) is 3.72. The lowest BCUT2D eigenvalue weighted by Crippen LogP contribution is -2.16. The molecule has 2 heterocycles. The third kappa shape index (κ3) is 5.40. The van der Waals surface area contributed by atoms with Crippen molar-refractivity contribution >= 4 is 51.6 Å². The topological polar surface area (TPSA) is 95.3 Å². The van der Waals surface area contributed by atoms with Crippen LogP contribution < -0.4 is 10.1 Å². The molecule has 1 N–H and O–H groups in total. The highest BCUT2D eigenvalue weighted by Gasteiger charge is 2.23. The second-order valence-electron chi connectivity index (χ2n) is 7.76. The van der Waals surface area contributed by atoms with Crippen LogP contribution in [0.2, 0.25) is 5.02 Å². The van der Waals surface area contributed by atoms with E-state index in [9.17, 15) is 9.59 Å². The number of anilines is 1. The first-order chi connectivity index (χ1) is 17.3. The van der Waals surface area contributed by atoms with Crippen molar-refractivity contribution in [3.63, 3.8) is 0 Å². The SMILES string of the molecule is COC(=O)c1c(-c2ccc(C)cc2)csc1NC(=O)CSc1nnc(-c2cc(Cl)ccc2OC)n1C. The molecule has 0 radical (unpaired) electrons. The lowest BCUT2D eigenvalue weighted by atomic mass is 10.0. The Bertz CT molecular complexity index is 1420. The van der Waals surface area contributed by atoms with Gasteiger partial charge >= 0.3 is 5.97 Å². The molecule has 36 heavy (non-hydrogen) atoms. The van der Waals surface area contributed by atoms with Gasteiger partial charge in [0.05, 0.1) is 25.5 Å². The lowest BCUT2D eigenvalue weighted by molar-refractivity contribution is -0.113. The molecule has 4 rings (SSSR count). The summed E-state index contributed by atoms with van der Waals surface area (Å²) in [6.45, 7) is 1.99. The van der Waals surface area contributed by atoms with E-state index < -0.39 is 5.97 Å². The minimum atomic E-state index is -0.511. The van der Waals surface area contributed by atoms with Gasteiger partial charge < -0.3 is 19.4 Å². The molecule has 186 valence electrons. The lowest BCUT2D eigenvalue weighted by Gasteiger charge is -2.09. The number of thiophene rings is 1. The summed E-state index contributed by atoms with van der Waals surface area (Å²) in [4.78, 5) is 25.4. The molecule has 8 nitrogen and oxygen atoms in total. The number of thioether (sulfide) groups is 1. The van der Waals surface area contributed by atoms with Gasteiger partial charge in [-0.25, -0.2) is 4.79 Å². The first kappa shape index (κ1) is 25.7. The van der Waals surface area contributed by atoms with E-state index in [1.54, 1.807) is 36.9 Å². The summed E-state index contributed by atoms with van der Waals surface area (Å²) in [5, 5.41) is 14.7. The fourth-order valence-electron chi connectivity index (χ4n) is 3.52. The summed E-state index contributed by atoms with van der Waals surface area (Å²) in [6, 6.07) is 13.1. The van der Waals surface area contributed by atoms with E-state index in [-0.39, 0.29) is 11.7 Å². The summed E-state index contributed by atoms with van der Waals surface area (Å²) in [7, 11) is 4.69. The minimum Gasteiger partial charge on any atom is -0.496 e. The molecule has 11 heteroatoms. The maximum atomic E-state index is 12.8. The third-order valence-electron chi connectivity index (χ3n) is 5.37. The number of methoxy groups -OCH3 is 2. The first-order valence-electron chi connectivity index (χ1n) is 10.7. The number of aromatic nitrogens is 3. The van der Waals surface area contributed by atoms with Crippen LogP contribution in [0.3, 0.4) is 0 Å². The maximum Gasteiger partial charge on any atom is 0.341 e. The molecule has 0 aliphatic heterocycles. The number of aryl methyl sites for hydroxylation is 1. The number of benzene rings is 2. The molecule has 0 saturated heterocycles. The molecule has 2 aromatic carbocycles. The number of nitrogens with zero attached hydrogens (tertiary/aromatic N) is 3. The number of ether oxygens (including phenoxy) is 2. The van der Waals surface area contributed by atoms with Crippen LogP contribution in [-0.4, -0.2) is 46.6 Å². The first-order valence-corrected chi connectivity index (χ1v) is 13.0. The number of hydrogen-bond donors (Lipinski definition) is 1. The Morgan fingerprint density at radius 1 is 1.11 bits per heavy atom. The number of rotatable bonds is 8. The van der Waals surface area contributed by atoms with Crippen LogP contribution in [0.4, 0.5) is 5.00 Å². The standard InChI is InChI=1S/C25H23ClN4O4S2/c1-14-5-7-15(8-6-14)18-12-35-23(21(18)24(32)34-4)27-20(31)13-36-25-29-28-22(30(25)2)17-11-16(26)9-10-19(17)33-3/h5-12H,13H2,1-4H3,(H,27,31).